The molecule has 0 radical (unpaired) electrons. The molecule has 1 aromatic carbocycles. The van der Waals surface area contributed by atoms with Gasteiger partial charge in [0.15, 0.2) is 0 Å². The van der Waals surface area contributed by atoms with Crippen LogP contribution in [-0.2, 0) is 10.2 Å². The Labute approximate surface area is 213 Å². The number of ether oxygens (including phenoxy) is 1. The molecular formula is C20H18BrF5N3O5PS. The van der Waals surface area contributed by atoms with E-state index in [1.165, 1.54) is 12.3 Å². The molecule has 0 spiro atoms. The van der Waals surface area contributed by atoms with E-state index >= 15 is 0 Å². The summed E-state index contributed by atoms with van der Waals surface area (Å²) in [4.78, 5) is 30.2. The molecule has 3 N–H and O–H groups in total. The molecule has 0 saturated heterocycles. The van der Waals surface area contributed by atoms with Crippen LogP contribution >= 0.6 is 34.9 Å². The summed E-state index contributed by atoms with van der Waals surface area (Å²) >= 11 is 3.22. The minimum atomic E-state index is -5.93. The molecule has 0 aliphatic heterocycles. The first kappa shape index (κ1) is 28.4. The number of nitrogens with one attached hydrogen (secondary N) is 1. The minimum Gasteiger partial charge on any atom is -0.492 e. The number of thiophene rings is 1. The van der Waals surface area contributed by atoms with Crippen LogP contribution in [0.4, 0.5) is 22.0 Å². The third-order valence-electron chi connectivity index (χ3n) is 4.84. The largest absolute Gasteiger partial charge is 0.492 e. The Kier molecular flexibility index (Phi) is 8.40. The van der Waals surface area contributed by atoms with Gasteiger partial charge in [0.25, 0.3) is 5.91 Å². The first-order valence-corrected chi connectivity index (χ1v) is 13.3. The van der Waals surface area contributed by atoms with E-state index in [9.17, 15) is 31.3 Å². The third kappa shape index (κ3) is 6.38. The monoisotopic (exact) mass is 617 g/mol. The second kappa shape index (κ2) is 10.7. The number of hydrogen-bond donors (Lipinski definition) is 3. The summed E-state index contributed by atoms with van der Waals surface area (Å²) in [5.74, 6) is -0.873. The minimum absolute atomic E-state index is 0.0319. The molecule has 0 saturated carbocycles. The van der Waals surface area contributed by atoms with Gasteiger partial charge in [-0.3, -0.25) is 9.36 Å². The number of rotatable bonds is 9. The van der Waals surface area contributed by atoms with Crippen molar-refractivity contribution in [1.82, 2.24) is 15.5 Å². The van der Waals surface area contributed by atoms with Crippen molar-refractivity contribution in [3.8, 4) is 5.75 Å². The Bertz CT molecular complexity index is 1300. The molecule has 8 nitrogen and oxygen atoms in total. The van der Waals surface area contributed by atoms with E-state index in [1.807, 2.05) is 0 Å². The molecule has 1 atom stereocenters. The van der Waals surface area contributed by atoms with Crippen molar-refractivity contribution < 1.29 is 45.8 Å². The van der Waals surface area contributed by atoms with Crippen molar-refractivity contribution >= 4 is 50.9 Å². The van der Waals surface area contributed by atoms with Gasteiger partial charge in [0.05, 0.1) is 23.0 Å². The van der Waals surface area contributed by atoms with Crippen molar-refractivity contribution in [1.29, 1.82) is 0 Å². The maximum atomic E-state index is 14.5. The smallest absolute Gasteiger partial charge is 0.400 e. The maximum Gasteiger partial charge on any atom is 0.400 e. The van der Waals surface area contributed by atoms with Crippen molar-refractivity contribution in [3.63, 3.8) is 0 Å². The third-order valence-corrected chi connectivity index (χ3v) is 8.32. The molecule has 196 valence electrons. The fraction of sp³-hybridized carbons (Fsp3) is 0.350. The summed E-state index contributed by atoms with van der Waals surface area (Å²) in [6.07, 6.45) is -4.58. The fourth-order valence-electron chi connectivity index (χ4n) is 3.06. The number of aromatic nitrogens is 2. The van der Waals surface area contributed by atoms with Crippen LogP contribution < -0.4 is 10.1 Å². The van der Waals surface area contributed by atoms with E-state index in [1.54, 1.807) is 19.1 Å². The lowest BCUT2D eigenvalue weighted by atomic mass is 10.1. The highest BCUT2D eigenvalue weighted by Crippen LogP contribution is 2.63. The Morgan fingerprint density at radius 3 is 2.56 bits per heavy atom. The van der Waals surface area contributed by atoms with Gasteiger partial charge in [0, 0.05) is 28.0 Å². The molecule has 16 heteroatoms. The predicted octanol–water partition coefficient (Wildman–Crippen LogP) is 5.89. The molecule has 2 heterocycles. The summed E-state index contributed by atoms with van der Waals surface area (Å²) in [6, 6.07) is 4.98. The van der Waals surface area contributed by atoms with Crippen LogP contribution in [0.1, 0.15) is 46.7 Å². The van der Waals surface area contributed by atoms with Crippen LogP contribution in [0.25, 0.3) is 10.1 Å². The molecule has 1 amide bonds. The highest BCUT2D eigenvalue weighted by molar-refractivity contribution is 9.10. The number of amides is 1. The Balaban J connectivity index is 2.02. The lowest BCUT2D eigenvalue weighted by Crippen LogP contribution is -2.27. The zero-order valence-electron chi connectivity index (χ0n) is 18.2. The molecule has 3 rings (SSSR count). The summed E-state index contributed by atoms with van der Waals surface area (Å²) < 4.78 is 82.9. The lowest BCUT2D eigenvalue weighted by Gasteiger charge is -2.16. The number of fused-ring (bicyclic) bond motifs is 1. The van der Waals surface area contributed by atoms with E-state index in [0.29, 0.717) is 17.0 Å². The number of benzene rings is 1. The van der Waals surface area contributed by atoms with Crippen molar-refractivity contribution in [2.75, 3.05) is 6.61 Å². The van der Waals surface area contributed by atoms with Gasteiger partial charge in [-0.1, -0.05) is 0 Å². The van der Waals surface area contributed by atoms with Crippen LogP contribution in [0.2, 0.25) is 0 Å². The Morgan fingerprint density at radius 1 is 1.28 bits per heavy atom. The number of halogens is 6. The van der Waals surface area contributed by atoms with Gasteiger partial charge in [-0.05, 0) is 53.5 Å². The summed E-state index contributed by atoms with van der Waals surface area (Å²) in [5, 5.41) is 10.2. The molecule has 0 aliphatic rings. The lowest BCUT2D eigenvalue weighted by molar-refractivity contribution is -0.136. The van der Waals surface area contributed by atoms with E-state index in [4.69, 9.17) is 14.5 Å². The van der Waals surface area contributed by atoms with Gasteiger partial charge in [0.1, 0.15) is 10.6 Å². The molecule has 0 aliphatic carbocycles. The number of carbonyl (C=O) groups is 1. The highest BCUT2D eigenvalue weighted by Gasteiger charge is 2.53. The van der Waals surface area contributed by atoms with Crippen LogP contribution in [-0.4, -0.2) is 38.7 Å². The Morgan fingerprint density at radius 2 is 1.97 bits per heavy atom. The van der Waals surface area contributed by atoms with Crippen molar-refractivity contribution in [3.05, 3.63) is 51.1 Å². The van der Waals surface area contributed by atoms with Crippen LogP contribution in [0, 0.1) is 0 Å². The quantitative estimate of drug-likeness (QED) is 0.155. The molecule has 2 aromatic heterocycles. The van der Waals surface area contributed by atoms with Gasteiger partial charge in [0.2, 0.25) is 0 Å². The Hall–Kier alpha value is -2.19. The topological polar surface area (TPSA) is 122 Å². The molecule has 36 heavy (non-hydrogen) atoms. The molecular weight excluding hydrogens is 600 g/mol. The van der Waals surface area contributed by atoms with Gasteiger partial charge >= 0.3 is 19.4 Å². The zero-order valence-corrected chi connectivity index (χ0v) is 21.5. The summed E-state index contributed by atoms with van der Waals surface area (Å²) in [6.45, 7) is 1.17. The van der Waals surface area contributed by atoms with E-state index in [0.717, 1.165) is 6.07 Å². The van der Waals surface area contributed by atoms with Crippen LogP contribution in [0.5, 0.6) is 5.75 Å². The summed E-state index contributed by atoms with van der Waals surface area (Å²) in [7, 11) is -5.93. The average molecular weight is 618 g/mol. The zero-order chi connectivity index (χ0) is 26.9. The number of carbonyl (C=O) groups excluding carboxylic acids is 1. The van der Waals surface area contributed by atoms with E-state index in [-0.39, 0.29) is 25.9 Å². The molecule has 0 fully saturated rings. The second-order valence-electron chi connectivity index (χ2n) is 7.59. The van der Waals surface area contributed by atoms with Gasteiger partial charge in [-0.2, -0.15) is 32.1 Å². The fourth-order valence-corrected chi connectivity index (χ4v) is 6.03. The van der Waals surface area contributed by atoms with E-state index < -0.39 is 55.7 Å². The van der Waals surface area contributed by atoms with Crippen molar-refractivity contribution in [2.24, 2.45) is 0 Å². The summed E-state index contributed by atoms with van der Waals surface area (Å²) in [5.41, 5.74) is -4.23. The van der Waals surface area contributed by atoms with Gasteiger partial charge in [-0.25, -0.2) is 0 Å². The average Bonchev–Trinajstić information content (AvgIpc) is 3.13. The highest BCUT2D eigenvalue weighted by atomic mass is 79.9. The standard InChI is InChI=1S/C20H18BrF5N3O5PS/c1-10(13-4-2-6-27-29-13)28-18(30)11-8-12-15(21)17(20(25,26)35(31,32)33)36-16(12)14(9-11)34-7-3-5-19(22,23)24/h2,4,6,8-10H,3,5,7H2,1H3,(H,28,30)(H2,31,32,33)/t10-/m1/s1. The molecule has 0 unspecified atom stereocenters. The SMILES string of the molecule is C[C@@H](NC(=O)c1cc(OCCCC(F)(F)F)c2sc(C(F)(F)P(=O)(O)O)c(Br)c2c1)c1cccnn1. The van der Waals surface area contributed by atoms with Crippen molar-refractivity contribution in [2.45, 2.75) is 37.6 Å². The van der Waals surface area contributed by atoms with E-state index in [2.05, 4.69) is 31.4 Å². The first-order valence-electron chi connectivity index (χ1n) is 10.1. The molecule has 0 bridgehead atoms. The second-order valence-corrected chi connectivity index (χ2v) is 11.1. The number of hydrogen-bond acceptors (Lipinski definition) is 6. The normalized spacial score (nSPS) is 13.6. The van der Waals surface area contributed by atoms with Gasteiger partial charge in [-0.15, -0.1) is 11.3 Å². The first-order chi connectivity index (χ1) is 16.6. The predicted molar refractivity (Wildman–Crippen MR) is 124 cm³/mol. The maximum absolute atomic E-state index is 14.5. The van der Waals surface area contributed by atoms with Crippen LogP contribution in [0.15, 0.2) is 34.9 Å². The number of alkyl halides is 5. The van der Waals surface area contributed by atoms with Gasteiger partial charge < -0.3 is 19.8 Å². The number of nitrogens with zero attached hydrogens (tertiary/aromatic N) is 2. The molecule has 3 aromatic rings. The van der Waals surface area contributed by atoms with Crippen LogP contribution in [0.3, 0.4) is 0 Å².